The van der Waals surface area contributed by atoms with E-state index in [4.69, 9.17) is 10.5 Å². The molecule has 0 radical (unpaired) electrons. The van der Waals surface area contributed by atoms with E-state index in [-0.39, 0.29) is 0 Å². The van der Waals surface area contributed by atoms with Crippen molar-refractivity contribution in [1.82, 2.24) is 4.90 Å². The van der Waals surface area contributed by atoms with Crippen molar-refractivity contribution in [3.63, 3.8) is 0 Å². The van der Waals surface area contributed by atoms with Crippen molar-refractivity contribution in [3.8, 4) is 0 Å². The van der Waals surface area contributed by atoms with Crippen LogP contribution in [0.2, 0.25) is 0 Å². The highest BCUT2D eigenvalue weighted by Gasteiger charge is 2.35. The number of benzene rings is 1. The van der Waals surface area contributed by atoms with E-state index in [1.807, 2.05) is 0 Å². The van der Waals surface area contributed by atoms with Crippen molar-refractivity contribution >= 4 is 0 Å². The van der Waals surface area contributed by atoms with Crippen molar-refractivity contribution in [3.05, 3.63) is 34.9 Å². The van der Waals surface area contributed by atoms with Crippen LogP contribution < -0.4 is 5.73 Å². The van der Waals surface area contributed by atoms with Crippen LogP contribution in [-0.2, 0) is 17.8 Å². The fourth-order valence-corrected chi connectivity index (χ4v) is 3.48. The Bertz CT molecular complexity index is 446. The van der Waals surface area contributed by atoms with Gasteiger partial charge in [0.15, 0.2) is 0 Å². The third-order valence-electron chi connectivity index (χ3n) is 4.61. The molecule has 3 nitrogen and oxygen atoms in total. The van der Waals surface area contributed by atoms with Crippen LogP contribution in [0.15, 0.2) is 18.2 Å². The lowest BCUT2D eigenvalue weighted by molar-refractivity contribution is -0.0588. The topological polar surface area (TPSA) is 38.5 Å². The van der Waals surface area contributed by atoms with Crippen molar-refractivity contribution < 1.29 is 4.74 Å². The number of nitrogens with zero attached hydrogens (tertiary/aromatic N) is 1. The summed E-state index contributed by atoms with van der Waals surface area (Å²) < 4.78 is 5.88. The Labute approximate surface area is 115 Å². The maximum Gasteiger partial charge on any atom is 0.0731 e. The SMILES string of the molecule is Cc1cc(CN)ccc1CN1CCOC2CCCC21. The lowest BCUT2D eigenvalue weighted by Gasteiger charge is -2.38. The monoisotopic (exact) mass is 260 g/mol. The smallest absolute Gasteiger partial charge is 0.0731 e. The average molecular weight is 260 g/mol. The second kappa shape index (κ2) is 5.61. The van der Waals surface area contributed by atoms with Crippen LogP contribution in [0.3, 0.4) is 0 Å². The van der Waals surface area contributed by atoms with Gasteiger partial charge >= 0.3 is 0 Å². The van der Waals surface area contributed by atoms with Gasteiger partial charge in [-0.15, -0.1) is 0 Å². The fraction of sp³-hybridized carbons (Fsp3) is 0.625. The molecule has 1 aliphatic heterocycles. The van der Waals surface area contributed by atoms with E-state index in [1.54, 1.807) is 0 Å². The number of rotatable bonds is 3. The number of ether oxygens (including phenoxy) is 1. The highest BCUT2D eigenvalue weighted by Crippen LogP contribution is 2.31. The van der Waals surface area contributed by atoms with Gasteiger partial charge in [0.25, 0.3) is 0 Å². The first-order chi connectivity index (χ1) is 9.28. The maximum absolute atomic E-state index is 5.88. The van der Waals surface area contributed by atoms with E-state index < -0.39 is 0 Å². The average Bonchev–Trinajstić information content (AvgIpc) is 2.90. The summed E-state index contributed by atoms with van der Waals surface area (Å²) in [7, 11) is 0. The molecule has 19 heavy (non-hydrogen) atoms. The van der Waals surface area contributed by atoms with Crippen molar-refractivity contribution in [1.29, 1.82) is 0 Å². The summed E-state index contributed by atoms with van der Waals surface area (Å²) >= 11 is 0. The Morgan fingerprint density at radius 2 is 2.26 bits per heavy atom. The molecule has 2 atom stereocenters. The molecule has 0 bridgehead atoms. The minimum absolute atomic E-state index is 0.484. The van der Waals surface area contributed by atoms with Crippen LogP contribution in [0, 0.1) is 6.92 Å². The number of hydrogen-bond donors (Lipinski definition) is 1. The summed E-state index contributed by atoms with van der Waals surface area (Å²) in [5.74, 6) is 0. The Balaban J connectivity index is 1.73. The summed E-state index contributed by atoms with van der Waals surface area (Å²) in [5, 5.41) is 0. The predicted octanol–water partition coefficient (Wildman–Crippen LogP) is 2.21. The molecule has 1 saturated heterocycles. The van der Waals surface area contributed by atoms with Gasteiger partial charge in [0.05, 0.1) is 12.7 Å². The van der Waals surface area contributed by atoms with Crippen LogP contribution in [-0.4, -0.2) is 30.2 Å². The first kappa shape index (κ1) is 13.1. The van der Waals surface area contributed by atoms with Crippen molar-refractivity contribution in [2.45, 2.75) is 51.4 Å². The molecule has 1 aromatic rings. The molecule has 3 heteroatoms. The van der Waals surface area contributed by atoms with Crippen molar-refractivity contribution in [2.75, 3.05) is 13.2 Å². The molecule has 1 aliphatic carbocycles. The van der Waals surface area contributed by atoms with E-state index in [0.717, 1.165) is 19.7 Å². The van der Waals surface area contributed by atoms with Gasteiger partial charge in [-0.3, -0.25) is 4.90 Å². The highest BCUT2D eigenvalue weighted by molar-refractivity contribution is 5.31. The maximum atomic E-state index is 5.88. The third kappa shape index (κ3) is 2.69. The summed E-state index contributed by atoms with van der Waals surface area (Å²) in [6.45, 7) is 5.84. The molecule has 0 amide bonds. The molecule has 2 aliphatic rings. The Kier molecular flexibility index (Phi) is 3.87. The second-order valence-electron chi connectivity index (χ2n) is 5.84. The summed E-state index contributed by atoms with van der Waals surface area (Å²) in [6.07, 6.45) is 4.34. The third-order valence-corrected chi connectivity index (χ3v) is 4.61. The van der Waals surface area contributed by atoms with Crippen LogP contribution >= 0.6 is 0 Å². The molecule has 1 aromatic carbocycles. The standard InChI is InChI=1S/C16H24N2O/c1-12-9-13(10-17)5-6-14(12)11-18-7-8-19-16-4-2-3-15(16)18/h5-6,9,15-16H,2-4,7-8,10-11,17H2,1H3. The minimum atomic E-state index is 0.484. The molecule has 2 N–H and O–H groups in total. The molecule has 3 rings (SSSR count). The van der Waals surface area contributed by atoms with Gasteiger partial charge in [0.2, 0.25) is 0 Å². The zero-order valence-electron chi connectivity index (χ0n) is 11.8. The fourth-order valence-electron chi connectivity index (χ4n) is 3.48. The van der Waals surface area contributed by atoms with E-state index in [2.05, 4.69) is 30.0 Å². The molecule has 1 heterocycles. The van der Waals surface area contributed by atoms with Crippen LogP contribution in [0.25, 0.3) is 0 Å². The second-order valence-corrected chi connectivity index (χ2v) is 5.84. The number of fused-ring (bicyclic) bond motifs is 1. The minimum Gasteiger partial charge on any atom is -0.375 e. The Morgan fingerprint density at radius 1 is 1.37 bits per heavy atom. The number of nitrogens with two attached hydrogens (primary N) is 1. The van der Waals surface area contributed by atoms with E-state index in [1.165, 1.54) is 36.0 Å². The summed E-state index contributed by atoms with van der Waals surface area (Å²) in [5.41, 5.74) is 9.72. The normalized spacial score (nSPS) is 27.5. The summed E-state index contributed by atoms with van der Waals surface area (Å²) in [4.78, 5) is 2.62. The van der Waals surface area contributed by atoms with E-state index in [0.29, 0.717) is 18.7 Å². The van der Waals surface area contributed by atoms with Gasteiger partial charge in [-0.05, 0) is 42.9 Å². The largest absolute Gasteiger partial charge is 0.375 e. The highest BCUT2D eigenvalue weighted by atomic mass is 16.5. The molecule has 2 unspecified atom stereocenters. The molecule has 0 aromatic heterocycles. The van der Waals surface area contributed by atoms with Gasteiger partial charge in [-0.1, -0.05) is 18.2 Å². The zero-order valence-corrected chi connectivity index (χ0v) is 11.8. The van der Waals surface area contributed by atoms with Gasteiger partial charge in [-0.2, -0.15) is 0 Å². The zero-order chi connectivity index (χ0) is 13.2. The number of aryl methyl sites for hydroxylation is 1. The Hall–Kier alpha value is -0.900. The first-order valence-electron chi connectivity index (χ1n) is 7.42. The summed E-state index contributed by atoms with van der Waals surface area (Å²) in [6, 6.07) is 7.27. The van der Waals surface area contributed by atoms with E-state index >= 15 is 0 Å². The Morgan fingerprint density at radius 3 is 3.05 bits per heavy atom. The molecule has 0 spiro atoms. The molecular formula is C16H24N2O. The van der Waals surface area contributed by atoms with Crippen LogP contribution in [0.5, 0.6) is 0 Å². The number of morpholine rings is 1. The molecule has 1 saturated carbocycles. The lowest BCUT2D eigenvalue weighted by atomic mass is 10.0. The van der Waals surface area contributed by atoms with Gasteiger partial charge in [0, 0.05) is 25.7 Å². The first-order valence-corrected chi connectivity index (χ1v) is 7.42. The molecular weight excluding hydrogens is 236 g/mol. The van der Waals surface area contributed by atoms with Crippen LogP contribution in [0.4, 0.5) is 0 Å². The van der Waals surface area contributed by atoms with Crippen molar-refractivity contribution in [2.24, 2.45) is 5.73 Å². The van der Waals surface area contributed by atoms with Crippen LogP contribution in [0.1, 0.15) is 36.0 Å². The molecule has 104 valence electrons. The van der Waals surface area contributed by atoms with E-state index in [9.17, 15) is 0 Å². The molecule has 2 fully saturated rings. The van der Waals surface area contributed by atoms with Gasteiger partial charge < -0.3 is 10.5 Å². The van der Waals surface area contributed by atoms with Gasteiger partial charge in [-0.25, -0.2) is 0 Å². The van der Waals surface area contributed by atoms with Gasteiger partial charge in [0.1, 0.15) is 0 Å². The predicted molar refractivity (Wildman–Crippen MR) is 76.9 cm³/mol. The number of hydrogen-bond acceptors (Lipinski definition) is 3. The quantitative estimate of drug-likeness (QED) is 0.905. The lowest BCUT2D eigenvalue weighted by Crippen LogP contribution is -2.47.